The first-order valence-corrected chi connectivity index (χ1v) is 4.58. The molecule has 0 spiro atoms. The van der Waals surface area contributed by atoms with E-state index in [0.717, 1.165) is 18.4 Å². The zero-order valence-electron chi connectivity index (χ0n) is 7.72. The molecule has 0 amide bonds. The van der Waals surface area contributed by atoms with Gasteiger partial charge in [0.15, 0.2) is 0 Å². The largest absolute Gasteiger partial charge is 0.365 e. The van der Waals surface area contributed by atoms with Crippen LogP contribution in [0.2, 0.25) is 0 Å². The molecule has 1 saturated carbocycles. The van der Waals surface area contributed by atoms with Gasteiger partial charge in [-0.2, -0.15) is 0 Å². The highest BCUT2D eigenvalue weighted by molar-refractivity contribution is 5.36. The van der Waals surface area contributed by atoms with Crippen LogP contribution in [0.25, 0.3) is 0 Å². The summed E-state index contributed by atoms with van der Waals surface area (Å²) in [7, 11) is 0. The second kappa shape index (κ2) is 2.63. The molecule has 1 fully saturated rings. The van der Waals surface area contributed by atoms with E-state index in [0.29, 0.717) is 0 Å². The third-order valence-electron chi connectivity index (χ3n) is 2.93. The molecular formula is C10H16N2. The average Bonchev–Trinajstić information content (AvgIpc) is 2.74. The van der Waals surface area contributed by atoms with Crippen molar-refractivity contribution in [3.8, 4) is 0 Å². The van der Waals surface area contributed by atoms with Crippen molar-refractivity contribution < 1.29 is 0 Å². The van der Waals surface area contributed by atoms with Crippen LogP contribution in [-0.2, 0) is 0 Å². The van der Waals surface area contributed by atoms with Crippen molar-refractivity contribution in [1.82, 2.24) is 4.98 Å². The molecule has 1 aliphatic carbocycles. The molecule has 1 aromatic rings. The first-order valence-electron chi connectivity index (χ1n) is 4.58. The van der Waals surface area contributed by atoms with E-state index < -0.39 is 0 Å². The van der Waals surface area contributed by atoms with Gasteiger partial charge in [0.2, 0.25) is 0 Å². The van der Waals surface area contributed by atoms with Gasteiger partial charge in [-0.3, -0.25) is 0 Å². The van der Waals surface area contributed by atoms with Gasteiger partial charge in [0.1, 0.15) is 0 Å². The van der Waals surface area contributed by atoms with E-state index in [2.05, 4.69) is 25.0 Å². The van der Waals surface area contributed by atoms with E-state index in [1.54, 1.807) is 0 Å². The quantitative estimate of drug-likeness (QED) is 0.686. The molecule has 2 atom stereocenters. The highest BCUT2D eigenvalue weighted by Crippen LogP contribution is 2.48. The van der Waals surface area contributed by atoms with E-state index >= 15 is 0 Å². The summed E-state index contributed by atoms with van der Waals surface area (Å²) in [5.74, 6) is 1.50. The molecule has 66 valence electrons. The van der Waals surface area contributed by atoms with Crippen molar-refractivity contribution >= 4 is 0 Å². The van der Waals surface area contributed by atoms with Crippen molar-refractivity contribution in [1.29, 1.82) is 0 Å². The van der Waals surface area contributed by atoms with Crippen LogP contribution in [0.3, 0.4) is 0 Å². The summed E-state index contributed by atoms with van der Waals surface area (Å²) in [5, 5.41) is 0. The van der Waals surface area contributed by atoms with Crippen LogP contribution in [0.5, 0.6) is 0 Å². The number of H-pyrrole nitrogens is 1. The van der Waals surface area contributed by atoms with E-state index in [-0.39, 0.29) is 0 Å². The fraction of sp³-hybridized carbons (Fsp3) is 0.600. The molecule has 2 nitrogen and oxygen atoms in total. The maximum atomic E-state index is 5.62. The van der Waals surface area contributed by atoms with Crippen molar-refractivity contribution in [3.63, 3.8) is 0 Å². The molecular weight excluding hydrogens is 148 g/mol. The van der Waals surface area contributed by atoms with Crippen molar-refractivity contribution in [2.45, 2.75) is 26.2 Å². The molecule has 0 radical (unpaired) electrons. The maximum absolute atomic E-state index is 5.62. The molecule has 12 heavy (non-hydrogen) atoms. The van der Waals surface area contributed by atoms with E-state index in [4.69, 9.17) is 5.73 Å². The summed E-state index contributed by atoms with van der Waals surface area (Å²) in [6, 6.07) is 0. The average molecular weight is 164 g/mol. The second-order valence-electron chi connectivity index (χ2n) is 3.85. The van der Waals surface area contributed by atoms with Gasteiger partial charge in [0.25, 0.3) is 0 Å². The molecule has 2 heteroatoms. The standard InChI is InChI=1S/C10H16N2/c1-6-5-12-7(2)10(6)9-3-8(9)4-11/h5,8-9,12H,3-4,11H2,1-2H3/t8-,9+/m0/s1. The van der Waals surface area contributed by atoms with Gasteiger partial charge in [-0.15, -0.1) is 0 Å². The minimum Gasteiger partial charge on any atom is -0.365 e. The minimum atomic E-state index is 0.748. The molecule has 1 heterocycles. The number of hydrogen-bond donors (Lipinski definition) is 2. The number of aryl methyl sites for hydroxylation is 2. The Morgan fingerprint density at radius 3 is 2.75 bits per heavy atom. The molecule has 0 bridgehead atoms. The number of rotatable bonds is 2. The fourth-order valence-electron chi connectivity index (χ4n) is 2.10. The number of aromatic amines is 1. The molecule has 0 unspecified atom stereocenters. The maximum Gasteiger partial charge on any atom is 0.0153 e. The smallest absolute Gasteiger partial charge is 0.0153 e. The number of hydrogen-bond acceptors (Lipinski definition) is 1. The Morgan fingerprint density at radius 2 is 2.33 bits per heavy atom. The summed E-state index contributed by atoms with van der Waals surface area (Å²) < 4.78 is 0. The summed E-state index contributed by atoms with van der Waals surface area (Å²) in [4.78, 5) is 3.26. The summed E-state index contributed by atoms with van der Waals surface area (Å²) in [6.07, 6.45) is 3.38. The predicted molar refractivity (Wildman–Crippen MR) is 50.2 cm³/mol. The monoisotopic (exact) mass is 164 g/mol. The van der Waals surface area contributed by atoms with E-state index in [1.807, 2.05) is 0 Å². The molecule has 1 aromatic heterocycles. The van der Waals surface area contributed by atoms with Gasteiger partial charge in [0, 0.05) is 11.9 Å². The van der Waals surface area contributed by atoms with E-state index in [9.17, 15) is 0 Å². The Kier molecular flexibility index (Phi) is 1.72. The minimum absolute atomic E-state index is 0.748. The molecule has 3 N–H and O–H groups in total. The molecule has 0 aromatic carbocycles. The molecule has 2 rings (SSSR count). The zero-order valence-corrected chi connectivity index (χ0v) is 7.72. The summed E-state index contributed by atoms with van der Waals surface area (Å²) in [6.45, 7) is 5.16. The van der Waals surface area contributed by atoms with Crippen molar-refractivity contribution in [3.05, 3.63) is 23.0 Å². The number of nitrogens with one attached hydrogen (secondary N) is 1. The van der Waals surface area contributed by atoms with Crippen LogP contribution < -0.4 is 5.73 Å². The lowest BCUT2D eigenvalue weighted by Gasteiger charge is -1.99. The Morgan fingerprint density at radius 1 is 1.58 bits per heavy atom. The van der Waals surface area contributed by atoms with Crippen LogP contribution in [0.4, 0.5) is 0 Å². The first-order chi connectivity index (χ1) is 5.74. The Bertz CT molecular complexity index is 269. The van der Waals surface area contributed by atoms with Crippen molar-refractivity contribution in [2.75, 3.05) is 6.54 Å². The predicted octanol–water partition coefficient (Wildman–Crippen LogP) is 1.69. The van der Waals surface area contributed by atoms with Gasteiger partial charge in [-0.05, 0) is 49.8 Å². The SMILES string of the molecule is Cc1c[nH]c(C)c1[C@@H]1C[C@H]1CN. The van der Waals surface area contributed by atoms with Gasteiger partial charge in [0.05, 0.1) is 0 Å². The highest BCUT2D eigenvalue weighted by atomic mass is 14.7. The second-order valence-corrected chi connectivity index (χ2v) is 3.85. The molecule has 0 aliphatic heterocycles. The zero-order chi connectivity index (χ0) is 8.72. The van der Waals surface area contributed by atoms with Crippen LogP contribution >= 0.6 is 0 Å². The van der Waals surface area contributed by atoms with Crippen LogP contribution in [-0.4, -0.2) is 11.5 Å². The Balaban J connectivity index is 2.23. The Labute approximate surface area is 73.2 Å². The Hall–Kier alpha value is -0.760. The fourth-order valence-corrected chi connectivity index (χ4v) is 2.10. The third-order valence-corrected chi connectivity index (χ3v) is 2.93. The third kappa shape index (κ3) is 1.07. The van der Waals surface area contributed by atoms with Gasteiger partial charge in [-0.1, -0.05) is 0 Å². The number of nitrogens with two attached hydrogens (primary N) is 1. The van der Waals surface area contributed by atoms with Crippen molar-refractivity contribution in [2.24, 2.45) is 11.7 Å². The first kappa shape index (κ1) is 7.87. The highest BCUT2D eigenvalue weighted by Gasteiger charge is 2.38. The van der Waals surface area contributed by atoms with Gasteiger partial charge >= 0.3 is 0 Å². The lowest BCUT2D eigenvalue weighted by atomic mass is 10.1. The molecule has 1 aliphatic rings. The lowest BCUT2D eigenvalue weighted by molar-refractivity contribution is 0.805. The van der Waals surface area contributed by atoms with Crippen LogP contribution in [0.15, 0.2) is 6.20 Å². The van der Waals surface area contributed by atoms with Gasteiger partial charge < -0.3 is 10.7 Å². The van der Waals surface area contributed by atoms with Gasteiger partial charge in [-0.25, -0.2) is 0 Å². The van der Waals surface area contributed by atoms with Crippen LogP contribution in [0.1, 0.15) is 29.2 Å². The lowest BCUT2D eigenvalue weighted by Crippen LogP contribution is -2.02. The number of aromatic nitrogens is 1. The van der Waals surface area contributed by atoms with E-state index in [1.165, 1.54) is 23.2 Å². The normalized spacial score (nSPS) is 27.6. The summed E-state index contributed by atoms with van der Waals surface area (Å²) >= 11 is 0. The molecule has 0 saturated heterocycles. The van der Waals surface area contributed by atoms with Crippen LogP contribution in [0, 0.1) is 19.8 Å². The topological polar surface area (TPSA) is 41.8 Å². The summed E-state index contributed by atoms with van der Waals surface area (Å²) in [5.41, 5.74) is 9.86.